The van der Waals surface area contributed by atoms with Crippen molar-refractivity contribution in [2.24, 2.45) is 0 Å². The third-order valence-electron chi connectivity index (χ3n) is 2.63. The van der Waals surface area contributed by atoms with E-state index in [1.807, 2.05) is 30.3 Å². The van der Waals surface area contributed by atoms with E-state index in [2.05, 4.69) is 22.7 Å². The second-order valence-electron chi connectivity index (χ2n) is 4.18. The average molecular weight is 285 g/mol. The fourth-order valence-electron chi connectivity index (χ4n) is 1.56. The highest BCUT2D eigenvalue weighted by atomic mass is 16.3. The lowest BCUT2D eigenvalue weighted by Gasteiger charge is -2.11. The molecule has 0 fully saturated rings. The van der Waals surface area contributed by atoms with Gasteiger partial charge < -0.3 is 9.73 Å². The molecular weight excluding hydrogens is 270 g/mol. The maximum Gasteiger partial charge on any atom is 0.287 e. The van der Waals surface area contributed by atoms with Crippen molar-refractivity contribution in [3.05, 3.63) is 66.6 Å². The van der Waals surface area contributed by atoms with E-state index >= 15 is 0 Å². The number of hydrazine groups is 1. The summed E-state index contributed by atoms with van der Waals surface area (Å²) in [6, 6.07) is 12.5. The Bertz CT molecular complexity index is 621. The number of nitrogens with one attached hydrogen (secondary N) is 3. The molecule has 1 heterocycles. The van der Waals surface area contributed by atoms with Crippen molar-refractivity contribution >= 4 is 17.5 Å². The van der Waals surface area contributed by atoms with Gasteiger partial charge in [0.25, 0.3) is 11.8 Å². The first kappa shape index (κ1) is 14.4. The molecule has 0 aliphatic heterocycles. The van der Waals surface area contributed by atoms with E-state index in [-0.39, 0.29) is 12.3 Å². The molecule has 0 atom stereocenters. The Kier molecular flexibility index (Phi) is 4.76. The molecule has 0 radical (unpaired) electrons. The molecular formula is C15H15N3O3. The van der Waals surface area contributed by atoms with Crippen LogP contribution in [0.4, 0.5) is 0 Å². The molecule has 2 amide bonds. The average Bonchev–Trinajstić information content (AvgIpc) is 3.05. The van der Waals surface area contributed by atoms with Gasteiger partial charge in [-0.3, -0.25) is 20.4 Å². The number of carbonyl (C=O) groups is 2. The van der Waals surface area contributed by atoms with Gasteiger partial charge in [-0.05, 0) is 17.7 Å². The first-order valence-corrected chi connectivity index (χ1v) is 6.27. The molecule has 0 unspecified atom stereocenters. The maximum atomic E-state index is 11.6. The number of carbonyl (C=O) groups excluding carboxylic acids is 2. The standard InChI is InChI=1S/C15H15N3O3/c1-11(12-6-3-2-4-7-12)17-18-14(19)10-16-15(20)13-8-5-9-21-13/h2-9,17H,1,10H2,(H,16,20)(H,18,19). The summed E-state index contributed by atoms with van der Waals surface area (Å²) in [7, 11) is 0. The van der Waals surface area contributed by atoms with Gasteiger partial charge in [0.1, 0.15) is 0 Å². The topological polar surface area (TPSA) is 83.4 Å². The van der Waals surface area contributed by atoms with Gasteiger partial charge in [0, 0.05) is 0 Å². The smallest absolute Gasteiger partial charge is 0.287 e. The summed E-state index contributed by atoms with van der Waals surface area (Å²) in [5.41, 5.74) is 6.55. The van der Waals surface area contributed by atoms with E-state index in [4.69, 9.17) is 4.42 Å². The monoisotopic (exact) mass is 285 g/mol. The third kappa shape index (κ3) is 4.24. The molecule has 21 heavy (non-hydrogen) atoms. The largest absolute Gasteiger partial charge is 0.459 e. The Hall–Kier alpha value is -3.02. The molecule has 1 aromatic carbocycles. The number of rotatable bonds is 6. The maximum absolute atomic E-state index is 11.6. The number of benzene rings is 1. The van der Waals surface area contributed by atoms with E-state index in [0.29, 0.717) is 5.70 Å². The van der Waals surface area contributed by atoms with Crippen LogP contribution in [0.5, 0.6) is 0 Å². The molecule has 0 aliphatic carbocycles. The van der Waals surface area contributed by atoms with Crippen LogP contribution >= 0.6 is 0 Å². The lowest BCUT2D eigenvalue weighted by molar-refractivity contribution is -0.120. The quantitative estimate of drug-likeness (QED) is 0.699. The molecule has 0 spiro atoms. The van der Waals surface area contributed by atoms with Crippen molar-refractivity contribution in [1.82, 2.24) is 16.2 Å². The highest BCUT2D eigenvalue weighted by molar-refractivity contribution is 5.94. The van der Waals surface area contributed by atoms with Crippen molar-refractivity contribution in [2.75, 3.05) is 6.54 Å². The lowest BCUT2D eigenvalue weighted by atomic mass is 10.2. The molecule has 3 N–H and O–H groups in total. The second-order valence-corrected chi connectivity index (χ2v) is 4.18. The molecule has 1 aromatic heterocycles. The molecule has 108 valence electrons. The summed E-state index contributed by atoms with van der Waals surface area (Å²) in [4.78, 5) is 23.1. The Balaban J connectivity index is 1.73. The molecule has 0 aliphatic rings. The van der Waals surface area contributed by atoms with Crippen molar-refractivity contribution < 1.29 is 14.0 Å². The van der Waals surface area contributed by atoms with E-state index in [1.54, 1.807) is 6.07 Å². The molecule has 2 rings (SSSR count). The predicted octanol–water partition coefficient (Wildman–Crippen LogP) is 1.30. The number of furan rings is 1. The van der Waals surface area contributed by atoms with Crippen LogP contribution in [0.15, 0.2) is 59.7 Å². The van der Waals surface area contributed by atoms with Crippen LogP contribution in [0.2, 0.25) is 0 Å². The first-order valence-electron chi connectivity index (χ1n) is 6.27. The summed E-state index contributed by atoms with van der Waals surface area (Å²) < 4.78 is 4.91. The summed E-state index contributed by atoms with van der Waals surface area (Å²) in [5.74, 6) is -0.687. The van der Waals surface area contributed by atoms with Gasteiger partial charge >= 0.3 is 0 Å². The summed E-state index contributed by atoms with van der Waals surface area (Å²) in [6.45, 7) is 3.63. The number of hydrogen-bond donors (Lipinski definition) is 3. The Labute approximate surface area is 121 Å². The van der Waals surface area contributed by atoms with Crippen molar-refractivity contribution in [1.29, 1.82) is 0 Å². The van der Waals surface area contributed by atoms with Gasteiger partial charge in [-0.25, -0.2) is 0 Å². The second kappa shape index (κ2) is 6.95. The molecule has 2 aromatic rings. The minimum absolute atomic E-state index is 0.157. The van der Waals surface area contributed by atoms with Gasteiger partial charge in [0.2, 0.25) is 0 Å². The van der Waals surface area contributed by atoms with Gasteiger partial charge in [-0.1, -0.05) is 36.9 Å². The van der Waals surface area contributed by atoms with Gasteiger partial charge in [0.15, 0.2) is 5.76 Å². The zero-order valence-electron chi connectivity index (χ0n) is 11.3. The summed E-state index contributed by atoms with van der Waals surface area (Å²) in [5, 5.41) is 2.43. The fraction of sp³-hybridized carbons (Fsp3) is 0.0667. The predicted molar refractivity (Wildman–Crippen MR) is 77.8 cm³/mol. The van der Waals surface area contributed by atoms with E-state index in [9.17, 15) is 9.59 Å². The van der Waals surface area contributed by atoms with Crippen molar-refractivity contribution in [3.63, 3.8) is 0 Å². The number of hydrogen-bond acceptors (Lipinski definition) is 4. The van der Waals surface area contributed by atoms with Crippen LogP contribution in [0.1, 0.15) is 16.1 Å². The Morgan fingerprint density at radius 2 is 1.81 bits per heavy atom. The lowest BCUT2D eigenvalue weighted by Crippen LogP contribution is -2.42. The minimum atomic E-state index is -0.447. The highest BCUT2D eigenvalue weighted by Gasteiger charge is 2.10. The molecule has 0 saturated heterocycles. The molecule has 6 nitrogen and oxygen atoms in total. The first-order chi connectivity index (χ1) is 10.2. The normalized spacial score (nSPS) is 9.71. The minimum Gasteiger partial charge on any atom is -0.459 e. The van der Waals surface area contributed by atoms with E-state index < -0.39 is 11.8 Å². The SMILES string of the molecule is C=C(NNC(=O)CNC(=O)c1ccco1)c1ccccc1. The zero-order valence-corrected chi connectivity index (χ0v) is 11.3. The Morgan fingerprint density at radius 1 is 1.05 bits per heavy atom. The van der Waals surface area contributed by atoms with Crippen LogP contribution in [0.25, 0.3) is 5.70 Å². The van der Waals surface area contributed by atoms with E-state index in [1.165, 1.54) is 12.3 Å². The van der Waals surface area contributed by atoms with Crippen LogP contribution in [0, 0.1) is 0 Å². The van der Waals surface area contributed by atoms with Crippen molar-refractivity contribution in [3.8, 4) is 0 Å². The van der Waals surface area contributed by atoms with E-state index in [0.717, 1.165) is 5.56 Å². The van der Waals surface area contributed by atoms with Crippen LogP contribution in [-0.2, 0) is 4.79 Å². The van der Waals surface area contributed by atoms with Crippen LogP contribution in [-0.4, -0.2) is 18.4 Å². The Morgan fingerprint density at radius 3 is 2.48 bits per heavy atom. The summed E-state index contributed by atoms with van der Waals surface area (Å²) in [6.07, 6.45) is 1.39. The molecule has 0 bridgehead atoms. The molecule has 6 heteroatoms. The number of amides is 2. The fourth-order valence-corrected chi connectivity index (χ4v) is 1.56. The van der Waals surface area contributed by atoms with Crippen LogP contribution < -0.4 is 16.2 Å². The highest BCUT2D eigenvalue weighted by Crippen LogP contribution is 2.06. The van der Waals surface area contributed by atoms with Gasteiger partial charge in [0.05, 0.1) is 18.5 Å². The molecule has 0 saturated carbocycles. The summed E-state index contributed by atoms with van der Waals surface area (Å²) >= 11 is 0. The zero-order chi connectivity index (χ0) is 15.1. The van der Waals surface area contributed by atoms with Gasteiger partial charge in [-0.15, -0.1) is 0 Å². The van der Waals surface area contributed by atoms with Crippen LogP contribution in [0.3, 0.4) is 0 Å². The van der Waals surface area contributed by atoms with Crippen molar-refractivity contribution in [2.45, 2.75) is 0 Å². The third-order valence-corrected chi connectivity index (χ3v) is 2.63. The van der Waals surface area contributed by atoms with Gasteiger partial charge in [-0.2, -0.15) is 0 Å².